The maximum Gasteiger partial charge on any atom is 0.255 e. The Morgan fingerprint density at radius 1 is 1.15 bits per heavy atom. The van der Waals surface area contributed by atoms with Crippen molar-refractivity contribution in [3.05, 3.63) is 77.5 Å². The Morgan fingerprint density at radius 2 is 1.94 bits per heavy atom. The van der Waals surface area contributed by atoms with Gasteiger partial charge in [0.2, 0.25) is 0 Å². The van der Waals surface area contributed by atoms with E-state index in [1.807, 2.05) is 61.0 Å². The van der Waals surface area contributed by atoms with Gasteiger partial charge >= 0.3 is 0 Å². The number of hydrogen-bond donors (Lipinski definition) is 0. The molecule has 0 bridgehead atoms. The van der Waals surface area contributed by atoms with Gasteiger partial charge in [-0.05, 0) is 55.3 Å². The zero-order valence-electron chi connectivity index (χ0n) is 20.0. The fourth-order valence-corrected chi connectivity index (χ4v) is 4.67. The normalized spacial score (nSPS) is 14.7. The van der Waals surface area contributed by atoms with Crippen LogP contribution in [0.2, 0.25) is 0 Å². The number of amides is 1. The Morgan fingerprint density at radius 3 is 2.65 bits per heavy atom. The van der Waals surface area contributed by atoms with Crippen LogP contribution in [0.25, 0.3) is 22.0 Å². The van der Waals surface area contributed by atoms with E-state index in [-0.39, 0.29) is 24.4 Å². The van der Waals surface area contributed by atoms with Crippen molar-refractivity contribution < 1.29 is 13.9 Å². The summed E-state index contributed by atoms with van der Waals surface area (Å²) < 4.78 is 23.0. The summed E-state index contributed by atoms with van der Waals surface area (Å²) in [6, 6.07) is 12.5. The highest BCUT2D eigenvalue weighted by atomic mass is 19.1. The van der Waals surface area contributed by atoms with E-state index in [1.165, 1.54) is 6.07 Å². The number of aryl methyl sites for hydroxylation is 1. The SMILES string of the molecule is BC1(B)c2ncccc2C(=O)N1Cc1ccc(-c2ccc(OC(C)C)c3nn(C)cc23)cc1F. The molecule has 170 valence electrons. The maximum atomic E-state index is 15.4. The molecule has 0 radical (unpaired) electrons. The van der Waals surface area contributed by atoms with E-state index >= 15 is 4.39 Å². The van der Waals surface area contributed by atoms with E-state index in [9.17, 15) is 4.79 Å². The summed E-state index contributed by atoms with van der Waals surface area (Å²) in [4.78, 5) is 19.1. The molecule has 0 saturated carbocycles. The fourth-order valence-electron chi connectivity index (χ4n) is 4.67. The lowest BCUT2D eigenvalue weighted by Gasteiger charge is -2.32. The predicted molar refractivity (Wildman–Crippen MR) is 135 cm³/mol. The predicted octanol–water partition coefficient (Wildman–Crippen LogP) is 2.59. The van der Waals surface area contributed by atoms with Crippen LogP contribution in [-0.4, -0.2) is 47.4 Å². The van der Waals surface area contributed by atoms with E-state index in [2.05, 4.69) is 10.1 Å². The standard InChI is InChI=1S/C25H25B2FN4O2/c1-14(2)34-21-9-8-17(19-13-31(3)30-22(19)21)15-6-7-16(20(28)11-15)12-32-24(33)18-5-4-10-29-23(18)25(32,26)27/h4-11,13-14H,12,26-27H2,1-3H3. The van der Waals surface area contributed by atoms with Crippen LogP contribution in [0.5, 0.6) is 5.75 Å². The first kappa shape index (κ1) is 22.2. The third-order valence-electron chi connectivity index (χ3n) is 6.35. The Hall–Kier alpha value is -3.61. The monoisotopic (exact) mass is 454 g/mol. The second-order valence-electron chi connectivity index (χ2n) is 9.50. The second-order valence-corrected chi connectivity index (χ2v) is 9.50. The second kappa shape index (κ2) is 8.01. The highest BCUT2D eigenvalue weighted by molar-refractivity contribution is 6.42. The first-order valence-corrected chi connectivity index (χ1v) is 11.4. The Balaban J connectivity index is 1.49. The number of aromatic nitrogens is 3. The number of rotatable bonds is 5. The van der Waals surface area contributed by atoms with Crippen molar-refractivity contribution in [2.75, 3.05) is 0 Å². The number of halogens is 1. The third kappa shape index (κ3) is 3.56. The largest absolute Gasteiger partial charge is 0.489 e. The number of benzene rings is 2. The van der Waals surface area contributed by atoms with Gasteiger partial charge in [0.15, 0.2) is 0 Å². The van der Waals surface area contributed by atoms with E-state index in [0.717, 1.165) is 27.7 Å². The third-order valence-corrected chi connectivity index (χ3v) is 6.35. The molecule has 1 amide bonds. The van der Waals surface area contributed by atoms with Crippen LogP contribution < -0.4 is 4.74 Å². The van der Waals surface area contributed by atoms with Gasteiger partial charge in [0, 0.05) is 42.3 Å². The topological polar surface area (TPSA) is 60.3 Å². The lowest BCUT2D eigenvalue weighted by Crippen LogP contribution is -2.44. The number of carbonyl (C=O) groups is 1. The van der Waals surface area contributed by atoms with Gasteiger partial charge < -0.3 is 9.64 Å². The molecule has 0 fully saturated rings. The number of carbonyl (C=O) groups excluding carboxylic acids is 1. The average Bonchev–Trinajstić information content (AvgIpc) is 3.26. The first-order chi connectivity index (χ1) is 16.2. The minimum absolute atomic E-state index is 0.0201. The zero-order valence-corrected chi connectivity index (χ0v) is 20.0. The van der Waals surface area contributed by atoms with E-state index < -0.39 is 5.34 Å². The Kier molecular flexibility index (Phi) is 5.23. The molecule has 5 rings (SSSR count). The van der Waals surface area contributed by atoms with Crippen LogP contribution in [0.1, 0.15) is 35.5 Å². The van der Waals surface area contributed by atoms with Crippen molar-refractivity contribution in [3.8, 4) is 16.9 Å². The summed E-state index contributed by atoms with van der Waals surface area (Å²) in [5.74, 6) is 0.216. The molecule has 4 aromatic rings. The highest BCUT2D eigenvalue weighted by Crippen LogP contribution is 2.37. The van der Waals surface area contributed by atoms with E-state index in [0.29, 0.717) is 16.9 Å². The molecular weight excluding hydrogens is 429 g/mol. The molecule has 2 aromatic carbocycles. The van der Waals surface area contributed by atoms with Crippen LogP contribution in [0.3, 0.4) is 0 Å². The molecule has 0 atom stereocenters. The van der Waals surface area contributed by atoms with Gasteiger partial charge in [-0.1, -0.05) is 12.1 Å². The van der Waals surface area contributed by atoms with E-state index in [4.69, 9.17) is 4.74 Å². The van der Waals surface area contributed by atoms with E-state index in [1.54, 1.807) is 34.0 Å². The molecule has 9 heteroatoms. The minimum Gasteiger partial charge on any atom is -0.489 e. The van der Waals surface area contributed by atoms with Crippen LogP contribution in [-0.2, 0) is 18.9 Å². The molecule has 0 saturated heterocycles. The van der Waals surface area contributed by atoms with Crippen molar-refractivity contribution >= 4 is 32.5 Å². The number of pyridine rings is 1. The average molecular weight is 454 g/mol. The molecule has 3 heterocycles. The fraction of sp³-hybridized carbons (Fsp3) is 0.240. The van der Waals surface area contributed by atoms with Crippen LogP contribution in [0, 0.1) is 5.82 Å². The summed E-state index contributed by atoms with van der Waals surface area (Å²) in [6.45, 7) is 4.10. The number of ether oxygens (including phenoxy) is 1. The summed E-state index contributed by atoms with van der Waals surface area (Å²) >= 11 is 0. The van der Waals surface area contributed by atoms with Gasteiger partial charge in [-0.3, -0.25) is 14.5 Å². The number of hydrogen-bond acceptors (Lipinski definition) is 4. The van der Waals surface area contributed by atoms with Crippen LogP contribution in [0.15, 0.2) is 54.9 Å². The zero-order chi connectivity index (χ0) is 24.2. The molecule has 6 nitrogen and oxygen atoms in total. The summed E-state index contributed by atoms with van der Waals surface area (Å²) in [5.41, 5.74) is 4.12. The Bertz CT molecular complexity index is 1430. The molecule has 2 aromatic heterocycles. The van der Waals surface area contributed by atoms with Crippen molar-refractivity contribution in [3.63, 3.8) is 0 Å². The molecule has 0 unspecified atom stereocenters. The quantitative estimate of drug-likeness (QED) is 0.436. The summed E-state index contributed by atoms with van der Waals surface area (Å²) in [6.07, 6.45) is 3.62. The van der Waals surface area contributed by atoms with Crippen molar-refractivity contribution in [1.29, 1.82) is 0 Å². The highest BCUT2D eigenvalue weighted by Gasteiger charge is 2.43. The smallest absolute Gasteiger partial charge is 0.255 e. The van der Waals surface area contributed by atoms with Gasteiger partial charge in [0.25, 0.3) is 5.91 Å². The van der Waals surface area contributed by atoms with Gasteiger partial charge in [-0.15, -0.1) is 0 Å². The molecule has 1 aliphatic heterocycles. The van der Waals surface area contributed by atoms with Crippen molar-refractivity contribution in [2.45, 2.75) is 31.8 Å². The lowest BCUT2D eigenvalue weighted by molar-refractivity contribution is 0.0729. The first-order valence-electron chi connectivity index (χ1n) is 11.4. The van der Waals surface area contributed by atoms with Gasteiger partial charge in [0.05, 0.1) is 17.4 Å². The number of nitrogens with zero attached hydrogens (tertiary/aromatic N) is 4. The molecule has 34 heavy (non-hydrogen) atoms. The minimum atomic E-state index is -0.618. The van der Waals surface area contributed by atoms with Gasteiger partial charge in [-0.25, -0.2) is 4.39 Å². The summed E-state index contributed by atoms with van der Waals surface area (Å²) in [7, 11) is 5.74. The van der Waals surface area contributed by atoms with Crippen molar-refractivity contribution in [1.82, 2.24) is 19.7 Å². The lowest BCUT2D eigenvalue weighted by atomic mass is 9.59. The molecule has 0 spiro atoms. The van der Waals surface area contributed by atoms with Crippen LogP contribution >= 0.6 is 0 Å². The maximum absolute atomic E-state index is 15.4. The molecular formula is C25H25B2FN4O2. The summed E-state index contributed by atoms with van der Waals surface area (Å²) in [5, 5.41) is 4.83. The van der Waals surface area contributed by atoms with Crippen molar-refractivity contribution in [2.24, 2.45) is 7.05 Å². The molecule has 1 aliphatic rings. The van der Waals surface area contributed by atoms with Gasteiger partial charge in [-0.2, -0.15) is 5.10 Å². The molecule has 0 N–H and O–H groups in total. The Labute approximate surface area is 199 Å². The van der Waals surface area contributed by atoms with Crippen LogP contribution in [0.4, 0.5) is 4.39 Å². The number of fused-ring (bicyclic) bond motifs is 2. The van der Waals surface area contributed by atoms with Gasteiger partial charge in [0.1, 0.15) is 32.8 Å². The molecule has 0 aliphatic carbocycles.